The van der Waals surface area contributed by atoms with E-state index < -0.39 is 0 Å². The fourth-order valence-electron chi connectivity index (χ4n) is 2.77. The molecular formula is C15H32N2. The van der Waals surface area contributed by atoms with E-state index in [2.05, 4.69) is 38.0 Å². The molecule has 1 atom stereocenters. The van der Waals surface area contributed by atoms with Crippen molar-refractivity contribution >= 4 is 0 Å². The van der Waals surface area contributed by atoms with E-state index in [-0.39, 0.29) is 0 Å². The maximum atomic E-state index is 3.73. The third kappa shape index (κ3) is 5.87. The molecule has 0 bridgehead atoms. The van der Waals surface area contributed by atoms with Crippen molar-refractivity contribution in [2.24, 2.45) is 5.92 Å². The lowest BCUT2D eigenvalue weighted by atomic mass is 9.87. The van der Waals surface area contributed by atoms with Gasteiger partial charge in [-0.1, -0.05) is 20.3 Å². The van der Waals surface area contributed by atoms with Gasteiger partial charge in [0, 0.05) is 25.2 Å². The molecule has 1 aliphatic carbocycles. The van der Waals surface area contributed by atoms with Crippen LogP contribution in [0.5, 0.6) is 0 Å². The molecule has 2 nitrogen and oxygen atoms in total. The number of nitrogens with one attached hydrogen (secondary N) is 1. The molecule has 1 aliphatic rings. The minimum atomic E-state index is 0.730. The second-order valence-corrected chi connectivity index (χ2v) is 6.03. The van der Waals surface area contributed by atoms with Gasteiger partial charge in [-0.25, -0.2) is 0 Å². The summed E-state index contributed by atoms with van der Waals surface area (Å²) in [6.45, 7) is 9.34. The summed E-state index contributed by atoms with van der Waals surface area (Å²) in [6, 6.07) is 1.52. The van der Waals surface area contributed by atoms with E-state index in [1.807, 2.05) is 0 Å². The van der Waals surface area contributed by atoms with E-state index in [9.17, 15) is 0 Å². The fourth-order valence-corrected chi connectivity index (χ4v) is 2.77. The van der Waals surface area contributed by atoms with Gasteiger partial charge in [-0.15, -0.1) is 0 Å². The Balaban J connectivity index is 2.06. The Hall–Kier alpha value is -0.0800. The fraction of sp³-hybridized carbons (Fsp3) is 1.00. The first-order valence-electron chi connectivity index (χ1n) is 7.57. The van der Waals surface area contributed by atoms with Crippen molar-refractivity contribution in [1.29, 1.82) is 0 Å². The summed E-state index contributed by atoms with van der Waals surface area (Å²) in [4.78, 5) is 2.49. The first-order valence-corrected chi connectivity index (χ1v) is 7.57. The highest BCUT2D eigenvalue weighted by Crippen LogP contribution is 2.23. The molecule has 1 N–H and O–H groups in total. The Bertz CT molecular complexity index is 183. The Kier molecular flexibility index (Phi) is 7.14. The van der Waals surface area contributed by atoms with Crippen molar-refractivity contribution < 1.29 is 0 Å². The van der Waals surface area contributed by atoms with Crippen molar-refractivity contribution in [1.82, 2.24) is 10.2 Å². The van der Waals surface area contributed by atoms with Crippen molar-refractivity contribution in [3.8, 4) is 0 Å². The average Bonchev–Trinajstić information content (AvgIpc) is 2.32. The van der Waals surface area contributed by atoms with Gasteiger partial charge in [0.25, 0.3) is 0 Å². The molecule has 0 saturated heterocycles. The van der Waals surface area contributed by atoms with Gasteiger partial charge in [-0.05, 0) is 52.0 Å². The Morgan fingerprint density at radius 3 is 2.47 bits per heavy atom. The van der Waals surface area contributed by atoms with Crippen LogP contribution in [0.1, 0.15) is 59.3 Å². The van der Waals surface area contributed by atoms with Crippen LogP contribution in [0.2, 0.25) is 0 Å². The minimum absolute atomic E-state index is 0.730. The number of nitrogens with zero attached hydrogens (tertiary/aromatic N) is 1. The number of hydrogen-bond acceptors (Lipinski definition) is 2. The van der Waals surface area contributed by atoms with E-state index >= 15 is 0 Å². The summed E-state index contributed by atoms with van der Waals surface area (Å²) < 4.78 is 0. The monoisotopic (exact) mass is 240 g/mol. The molecule has 0 aromatic carbocycles. The zero-order chi connectivity index (χ0) is 12.7. The highest BCUT2D eigenvalue weighted by molar-refractivity contribution is 4.75. The van der Waals surface area contributed by atoms with Gasteiger partial charge in [0.1, 0.15) is 0 Å². The summed E-state index contributed by atoms with van der Waals surface area (Å²) in [6.07, 6.45) is 8.21. The minimum Gasteiger partial charge on any atom is -0.313 e. The maximum absolute atomic E-state index is 3.73. The average molecular weight is 240 g/mol. The Morgan fingerprint density at radius 2 is 1.88 bits per heavy atom. The molecule has 0 aromatic rings. The molecule has 0 aromatic heterocycles. The number of rotatable bonds is 7. The van der Waals surface area contributed by atoms with E-state index in [4.69, 9.17) is 0 Å². The Labute approximate surface area is 108 Å². The Morgan fingerprint density at radius 1 is 1.24 bits per heavy atom. The van der Waals surface area contributed by atoms with Crippen LogP contribution in [-0.2, 0) is 0 Å². The molecule has 1 unspecified atom stereocenters. The molecule has 102 valence electrons. The second kappa shape index (κ2) is 8.10. The van der Waals surface area contributed by atoms with Crippen molar-refractivity contribution in [3.05, 3.63) is 0 Å². The maximum Gasteiger partial charge on any atom is 0.0107 e. The van der Waals surface area contributed by atoms with Crippen molar-refractivity contribution in [2.45, 2.75) is 71.4 Å². The zero-order valence-electron chi connectivity index (χ0n) is 12.3. The van der Waals surface area contributed by atoms with Gasteiger partial charge in [-0.3, -0.25) is 0 Å². The lowest BCUT2D eigenvalue weighted by molar-refractivity contribution is 0.232. The van der Waals surface area contributed by atoms with E-state index in [0.29, 0.717) is 0 Å². The van der Waals surface area contributed by atoms with Gasteiger partial charge in [-0.2, -0.15) is 0 Å². The molecule has 1 fully saturated rings. The van der Waals surface area contributed by atoms with Crippen LogP contribution in [0, 0.1) is 5.92 Å². The quantitative estimate of drug-likeness (QED) is 0.735. The van der Waals surface area contributed by atoms with Gasteiger partial charge in [0.05, 0.1) is 0 Å². The third-order valence-electron chi connectivity index (χ3n) is 4.37. The lowest BCUT2D eigenvalue weighted by Crippen LogP contribution is -2.40. The van der Waals surface area contributed by atoms with Gasteiger partial charge in [0.15, 0.2) is 0 Å². The lowest BCUT2D eigenvalue weighted by Gasteiger charge is -2.29. The van der Waals surface area contributed by atoms with Crippen LogP contribution in [0.15, 0.2) is 0 Å². The molecule has 0 radical (unpaired) electrons. The van der Waals surface area contributed by atoms with Crippen LogP contribution >= 0.6 is 0 Å². The normalized spacial score (nSPS) is 27.4. The summed E-state index contributed by atoms with van der Waals surface area (Å²) >= 11 is 0. The molecule has 1 rings (SSSR count). The molecule has 0 amide bonds. The topological polar surface area (TPSA) is 15.3 Å². The summed E-state index contributed by atoms with van der Waals surface area (Å²) in [7, 11) is 2.25. The summed E-state index contributed by atoms with van der Waals surface area (Å²) in [5.74, 6) is 0.959. The predicted octanol–water partition coefficient (Wildman–Crippen LogP) is 3.28. The third-order valence-corrected chi connectivity index (χ3v) is 4.37. The van der Waals surface area contributed by atoms with E-state index in [0.717, 1.165) is 24.5 Å². The van der Waals surface area contributed by atoms with Crippen LogP contribution in [0.3, 0.4) is 0 Å². The molecular weight excluding hydrogens is 208 g/mol. The molecule has 0 spiro atoms. The molecule has 2 heteroatoms. The summed E-state index contributed by atoms with van der Waals surface area (Å²) in [5, 5.41) is 3.73. The van der Waals surface area contributed by atoms with Crippen LogP contribution < -0.4 is 5.32 Å². The van der Waals surface area contributed by atoms with Crippen LogP contribution in [-0.4, -0.2) is 37.1 Å². The summed E-state index contributed by atoms with van der Waals surface area (Å²) in [5.41, 5.74) is 0. The number of hydrogen-bond donors (Lipinski definition) is 1. The first kappa shape index (κ1) is 15.0. The van der Waals surface area contributed by atoms with Crippen LogP contribution in [0.4, 0.5) is 0 Å². The largest absolute Gasteiger partial charge is 0.313 e. The predicted molar refractivity (Wildman–Crippen MR) is 76.4 cm³/mol. The highest BCUT2D eigenvalue weighted by atomic mass is 15.1. The first-order chi connectivity index (χ1) is 8.13. The van der Waals surface area contributed by atoms with Crippen molar-refractivity contribution in [3.63, 3.8) is 0 Å². The zero-order valence-corrected chi connectivity index (χ0v) is 12.3. The smallest absolute Gasteiger partial charge is 0.0107 e. The van der Waals surface area contributed by atoms with E-state index in [1.165, 1.54) is 45.1 Å². The molecule has 0 aliphatic heterocycles. The van der Waals surface area contributed by atoms with Crippen LogP contribution in [0.25, 0.3) is 0 Å². The highest BCUT2D eigenvalue weighted by Gasteiger charge is 2.17. The van der Waals surface area contributed by atoms with Gasteiger partial charge < -0.3 is 10.2 Å². The second-order valence-electron chi connectivity index (χ2n) is 6.03. The SMILES string of the molecule is CCCC(C)N(C)CCNC1CCC(C)CC1. The van der Waals surface area contributed by atoms with Gasteiger partial charge in [0.2, 0.25) is 0 Å². The standard InChI is InChI=1S/C15H32N2/c1-5-6-14(3)17(4)12-11-16-15-9-7-13(2)8-10-15/h13-16H,5-12H2,1-4H3. The molecule has 0 heterocycles. The number of likely N-dealkylation sites (N-methyl/N-ethyl adjacent to an activating group) is 1. The molecule has 1 saturated carbocycles. The van der Waals surface area contributed by atoms with E-state index in [1.54, 1.807) is 0 Å². The van der Waals surface area contributed by atoms with Gasteiger partial charge >= 0.3 is 0 Å². The molecule has 17 heavy (non-hydrogen) atoms. The van der Waals surface area contributed by atoms with Crippen molar-refractivity contribution in [2.75, 3.05) is 20.1 Å².